The molecule has 0 spiro atoms. The molecule has 0 radical (unpaired) electrons. The zero-order valence-corrected chi connectivity index (χ0v) is 18.1. The van der Waals surface area contributed by atoms with Crippen LogP contribution in [0.15, 0.2) is 53.4 Å². The molecule has 1 N–H and O–H groups in total. The van der Waals surface area contributed by atoms with Crippen LogP contribution >= 0.6 is 0 Å². The zero-order valence-electron chi connectivity index (χ0n) is 17.3. The van der Waals surface area contributed by atoms with Gasteiger partial charge in [0.25, 0.3) is 0 Å². The second-order valence-electron chi connectivity index (χ2n) is 8.28. The molecule has 2 aromatic rings. The summed E-state index contributed by atoms with van der Waals surface area (Å²) in [7, 11) is -3.67. The minimum absolute atomic E-state index is 0.00151. The summed E-state index contributed by atoms with van der Waals surface area (Å²) in [6, 6.07) is 14.7. The average Bonchev–Trinajstić information content (AvgIpc) is 2.96. The van der Waals surface area contributed by atoms with Crippen molar-refractivity contribution < 1.29 is 18.3 Å². The van der Waals surface area contributed by atoms with Gasteiger partial charge in [0.2, 0.25) is 15.9 Å². The minimum atomic E-state index is -3.67. The van der Waals surface area contributed by atoms with Crippen molar-refractivity contribution in [3.05, 3.63) is 65.2 Å². The summed E-state index contributed by atoms with van der Waals surface area (Å²) in [6.07, 6.45) is 2.22. The number of nitrogens with zero attached hydrogens (tertiary/aromatic N) is 2. The Morgan fingerprint density at radius 3 is 2.50 bits per heavy atom. The number of fused-ring (bicyclic) bond motifs is 1. The number of aliphatic hydroxyl groups is 1. The Kier molecular flexibility index (Phi) is 5.70. The molecule has 7 heteroatoms. The van der Waals surface area contributed by atoms with Gasteiger partial charge in [-0.1, -0.05) is 36.4 Å². The van der Waals surface area contributed by atoms with Gasteiger partial charge >= 0.3 is 0 Å². The molecule has 1 amide bonds. The van der Waals surface area contributed by atoms with Crippen molar-refractivity contribution in [1.29, 1.82) is 0 Å². The van der Waals surface area contributed by atoms with E-state index >= 15 is 0 Å². The first kappa shape index (κ1) is 21.0. The van der Waals surface area contributed by atoms with E-state index in [1.165, 1.54) is 11.2 Å². The average molecular weight is 429 g/mol. The third-order valence-corrected chi connectivity index (χ3v) is 8.25. The Hall–Kier alpha value is -2.22. The van der Waals surface area contributed by atoms with E-state index in [0.29, 0.717) is 38.9 Å². The van der Waals surface area contributed by atoms with Crippen LogP contribution in [0.3, 0.4) is 0 Å². The number of rotatable bonds is 3. The van der Waals surface area contributed by atoms with Crippen molar-refractivity contribution >= 4 is 15.9 Å². The number of hydrogen-bond donors (Lipinski definition) is 1. The smallest absolute Gasteiger partial charge is 0.243 e. The summed E-state index contributed by atoms with van der Waals surface area (Å²) in [5, 5.41) is 11.2. The number of carbonyl (C=O) groups excluding carboxylic acids is 1. The minimum Gasteiger partial charge on any atom is -0.385 e. The molecule has 2 heterocycles. The van der Waals surface area contributed by atoms with Crippen LogP contribution in [0.25, 0.3) is 0 Å². The van der Waals surface area contributed by atoms with Gasteiger partial charge in [0.1, 0.15) is 0 Å². The van der Waals surface area contributed by atoms with Gasteiger partial charge in [0.05, 0.1) is 10.5 Å². The summed E-state index contributed by atoms with van der Waals surface area (Å²) in [5.41, 5.74) is 1.82. The van der Waals surface area contributed by atoms with Gasteiger partial charge in [-0.2, -0.15) is 4.31 Å². The lowest BCUT2D eigenvalue weighted by Gasteiger charge is -2.29. The van der Waals surface area contributed by atoms with Crippen LogP contribution in [-0.2, 0) is 33.4 Å². The van der Waals surface area contributed by atoms with E-state index in [4.69, 9.17) is 0 Å². The normalized spacial score (nSPS) is 22.9. The van der Waals surface area contributed by atoms with Crippen molar-refractivity contribution in [3.8, 4) is 0 Å². The number of hydrogen-bond acceptors (Lipinski definition) is 4. The molecule has 0 aliphatic carbocycles. The van der Waals surface area contributed by atoms with Crippen molar-refractivity contribution in [1.82, 2.24) is 9.21 Å². The third kappa shape index (κ3) is 4.02. The van der Waals surface area contributed by atoms with E-state index in [-0.39, 0.29) is 17.3 Å². The van der Waals surface area contributed by atoms with Crippen LogP contribution < -0.4 is 0 Å². The SMILES string of the molecule is CC(=O)N1CCc2ccc(S(=O)(=O)N3CCCC(O)(c4ccccc4)CC3)cc2C1. The van der Waals surface area contributed by atoms with E-state index in [2.05, 4.69) is 0 Å². The van der Waals surface area contributed by atoms with Gasteiger partial charge in [-0.3, -0.25) is 4.79 Å². The second-order valence-corrected chi connectivity index (χ2v) is 10.2. The molecule has 6 nitrogen and oxygen atoms in total. The first-order valence-corrected chi connectivity index (χ1v) is 11.9. The van der Waals surface area contributed by atoms with Gasteiger partial charge in [-0.05, 0) is 54.5 Å². The monoisotopic (exact) mass is 428 g/mol. The fourth-order valence-corrected chi connectivity index (χ4v) is 6.01. The molecular weight excluding hydrogens is 400 g/mol. The van der Waals surface area contributed by atoms with Gasteiger partial charge in [0.15, 0.2) is 0 Å². The zero-order chi connectivity index (χ0) is 21.4. The predicted octanol–water partition coefficient (Wildman–Crippen LogP) is 2.65. The fraction of sp³-hybridized carbons (Fsp3) is 0.435. The Balaban J connectivity index is 1.56. The van der Waals surface area contributed by atoms with Crippen LogP contribution in [0.4, 0.5) is 0 Å². The van der Waals surface area contributed by atoms with E-state index in [0.717, 1.165) is 23.1 Å². The molecule has 1 saturated heterocycles. The lowest BCUT2D eigenvalue weighted by atomic mass is 9.87. The largest absolute Gasteiger partial charge is 0.385 e. The molecule has 2 aliphatic rings. The molecule has 0 saturated carbocycles. The molecule has 1 unspecified atom stereocenters. The van der Waals surface area contributed by atoms with Crippen LogP contribution in [0, 0.1) is 0 Å². The van der Waals surface area contributed by atoms with Gasteiger partial charge in [-0.25, -0.2) is 8.42 Å². The van der Waals surface area contributed by atoms with Gasteiger partial charge in [-0.15, -0.1) is 0 Å². The number of amides is 1. The molecule has 0 bridgehead atoms. The molecule has 160 valence electrons. The van der Waals surface area contributed by atoms with Crippen molar-refractivity contribution in [2.75, 3.05) is 19.6 Å². The van der Waals surface area contributed by atoms with Crippen molar-refractivity contribution in [2.24, 2.45) is 0 Å². The maximum atomic E-state index is 13.4. The molecule has 30 heavy (non-hydrogen) atoms. The Morgan fingerprint density at radius 1 is 1.00 bits per heavy atom. The number of carbonyl (C=O) groups is 1. The quantitative estimate of drug-likeness (QED) is 0.815. The van der Waals surface area contributed by atoms with E-state index < -0.39 is 15.6 Å². The lowest BCUT2D eigenvalue weighted by Crippen LogP contribution is -2.35. The highest BCUT2D eigenvalue weighted by atomic mass is 32.2. The highest BCUT2D eigenvalue weighted by Gasteiger charge is 2.36. The molecular formula is C23H28N2O4S. The third-order valence-electron chi connectivity index (χ3n) is 6.36. The summed E-state index contributed by atoms with van der Waals surface area (Å²) >= 11 is 0. The molecule has 2 aromatic carbocycles. The Bertz CT molecular complexity index is 1040. The molecule has 1 atom stereocenters. The maximum absolute atomic E-state index is 13.4. The lowest BCUT2D eigenvalue weighted by molar-refractivity contribution is -0.129. The van der Waals surface area contributed by atoms with Crippen molar-refractivity contribution in [3.63, 3.8) is 0 Å². The van der Waals surface area contributed by atoms with E-state index in [1.54, 1.807) is 17.0 Å². The van der Waals surface area contributed by atoms with E-state index in [9.17, 15) is 18.3 Å². The predicted molar refractivity (Wildman–Crippen MR) is 114 cm³/mol. The Labute approximate surface area is 178 Å². The number of benzene rings is 2. The standard InChI is InChI=1S/C23H28N2O4S/c1-18(26)24-14-10-19-8-9-22(16-20(19)17-24)30(28,29)25-13-5-11-23(27,12-15-25)21-6-3-2-4-7-21/h2-4,6-9,16,27H,5,10-15,17H2,1H3. The Morgan fingerprint density at radius 2 is 1.77 bits per heavy atom. The summed E-state index contributed by atoms with van der Waals surface area (Å²) in [5.74, 6) is 0.00151. The first-order valence-electron chi connectivity index (χ1n) is 10.4. The van der Waals surface area contributed by atoms with Gasteiger partial charge in [0, 0.05) is 33.1 Å². The van der Waals surface area contributed by atoms with Gasteiger partial charge < -0.3 is 10.0 Å². The molecule has 4 rings (SSSR count). The number of sulfonamides is 1. The highest BCUT2D eigenvalue weighted by Crippen LogP contribution is 2.34. The highest BCUT2D eigenvalue weighted by molar-refractivity contribution is 7.89. The van der Waals surface area contributed by atoms with E-state index in [1.807, 2.05) is 36.4 Å². The second kappa shape index (κ2) is 8.13. The fourth-order valence-electron chi connectivity index (χ4n) is 4.48. The van der Waals surface area contributed by atoms with Crippen molar-refractivity contribution in [2.45, 2.75) is 49.6 Å². The van der Waals surface area contributed by atoms with Crippen LogP contribution in [0.2, 0.25) is 0 Å². The molecule has 0 aromatic heterocycles. The van der Waals surface area contributed by atoms with Crippen LogP contribution in [0.1, 0.15) is 42.9 Å². The summed E-state index contributed by atoms with van der Waals surface area (Å²) < 4.78 is 28.2. The summed E-state index contributed by atoms with van der Waals surface area (Å²) in [4.78, 5) is 13.7. The van der Waals surface area contributed by atoms with Crippen LogP contribution in [0.5, 0.6) is 0 Å². The molecule has 2 aliphatic heterocycles. The van der Waals surface area contributed by atoms with Crippen LogP contribution in [-0.4, -0.2) is 48.3 Å². The maximum Gasteiger partial charge on any atom is 0.243 e. The molecule has 1 fully saturated rings. The topological polar surface area (TPSA) is 77.9 Å². The first-order chi connectivity index (χ1) is 14.3. The summed E-state index contributed by atoms with van der Waals surface area (Å²) in [6.45, 7) is 3.30.